The van der Waals surface area contributed by atoms with Gasteiger partial charge in [-0.1, -0.05) is 42.5 Å². The van der Waals surface area contributed by atoms with E-state index in [1.54, 1.807) is 0 Å². The minimum absolute atomic E-state index is 0.0410. The van der Waals surface area contributed by atoms with Crippen LogP contribution in [-0.2, 0) is 17.9 Å². The van der Waals surface area contributed by atoms with Crippen molar-refractivity contribution in [3.63, 3.8) is 0 Å². The normalized spacial score (nSPS) is 18.5. The molecule has 0 radical (unpaired) electrons. The molecule has 1 aliphatic heterocycles. The Bertz CT molecular complexity index is 1000. The molecule has 162 valence electrons. The maximum absolute atomic E-state index is 12.5. The number of hydrogen-bond acceptors (Lipinski definition) is 4. The van der Waals surface area contributed by atoms with Gasteiger partial charge in [0.2, 0.25) is 5.91 Å². The van der Waals surface area contributed by atoms with Crippen LogP contribution in [0.5, 0.6) is 5.75 Å². The van der Waals surface area contributed by atoms with Gasteiger partial charge in [0.15, 0.2) is 0 Å². The van der Waals surface area contributed by atoms with E-state index in [-0.39, 0.29) is 17.9 Å². The molecule has 0 saturated carbocycles. The Hall–Kier alpha value is -3.12. The Kier molecular flexibility index (Phi) is 6.67. The van der Waals surface area contributed by atoms with Crippen molar-refractivity contribution >= 4 is 5.91 Å². The van der Waals surface area contributed by atoms with E-state index < -0.39 is 0 Å². The zero-order chi connectivity index (χ0) is 21.6. The van der Waals surface area contributed by atoms with Crippen LogP contribution in [0.15, 0.2) is 67.0 Å². The summed E-state index contributed by atoms with van der Waals surface area (Å²) in [6.07, 6.45) is 4.53. The third-order valence-electron chi connectivity index (χ3n) is 5.82. The van der Waals surface area contributed by atoms with Crippen molar-refractivity contribution in [1.29, 1.82) is 0 Å². The van der Waals surface area contributed by atoms with E-state index in [0.29, 0.717) is 13.0 Å². The largest absolute Gasteiger partial charge is 0.494 e. The molecule has 2 atom stereocenters. The quantitative estimate of drug-likeness (QED) is 0.576. The summed E-state index contributed by atoms with van der Waals surface area (Å²) in [5.41, 5.74) is 3.48. The predicted octanol–water partition coefficient (Wildman–Crippen LogP) is 3.64. The highest BCUT2D eigenvalue weighted by Crippen LogP contribution is 2.36. The van der Waals surface area contributed by atoms with Crippen molar-refractivity contribution in [3.05, 3.63) is 83.7 Å². The average molecular weight is 419 g/mol. The molecule has 3 aromatic rings. The fraction of sp³-hybridized carbons (Fsp3) is 0.360. The van der Waals surface area contributed by atoms with Crippen LogP contribution in [0.25, 0.3) is 0 Å². The average Bonchev–Trinajstić information content (AvgIpc) is 3.33. The van der Waals surface area contributed by atoms with Crippen molar-refractivity contribution < 1.29 is 9.53 Å². The zero-order valence-electron chi connectivity index (χ0n) is 18.2. The molecule has 4 rings (SSSR count). The van der Waals surface area contributed by atoms with Gasteiger partial charge < -0.3 is 15.0 Å². The van der Waals surface area contributed by atoms with Crippen LogP contribution >= 0.6 is 0 Å². The standard InChI is InChI=1S/C25H30N4O2/c1-3-31-23-11-7-10-20(12-23)14-26-15-21-13-24(30)28(2)25(21)22-16-27-29(18-22)17-19-8-5-4-6-9-19/h4-12,16,18,21,25-26H,3,13-15,17H2,1-2H3/t21-,25+/m0/s1. The highest BCUT2D eigenvalue weighted by Gasteiger charge is 2.38. The predicted molar refractivity (Wildman–Crippen MR) is 121 cm³/mol. The van der Waals surface area contributed by atoms with Crippen LogP contribution in [0.3, 0.4) is 0 Å². The van der Waals surface area contributed by atoms with Crippen molar-refractivity contribution in [2.45, 2.75) is 32.5 Å². The summed E-state index contributed by atoms with van der Waals surface area (Å²) in [7, 11) is 1.90. The van der Waals surface area contributed by atoms with E-state index in [1.807, 2.05) is 60.1 Å². The zero-order valence-corrected chi connectivity index (χ0v) is 18.2. The van der Waals surface area contributed by atoms with Gasteiger partial charge in [0.05, 0.1) is 25.4 Å². The van der Waals surface area contributed by atoms with Gasteiger partial charge in [0.1, 0.15) is 5.75 Å². The first-order valence-electron chi connectivity index (χ1n) is 10.9. The Morgan fingerprint density at radius 2 is 1.94 bits per heavy atom. The Labute approximate surface area is 183 Å². The van der Waals surface area contributed by atoms with Crippen LogP contribution in [-0.4, -0.2) is 40.8 Å². The van der Waals surface area contributed by atoms with E-state index in [0.717, 1.165) is 30.9 Å². The first kappa shape index (κ1) is 21.1. The first-order valence-corrected chi connectivity index (χ1v) is 10.9. The molecule has 0 aliphatic carbocycles. The van der Waals surface area contributed by atoms with Crippen molar-refractivity contribution in [3.8, 4) is 5.75 Å². The molecule has 6 heteroatoms. The number of nitrogens with zero attached hydrogens (tertiary/aromatic N) is 3. The van der Waals surface area contributed by atoms with E-state index in [1.165, 1.54) is 11.1 Å². The second-order valence-electron chi connectivity index (χ2n) is 8.08. The number of hydrogen-bond donors (Lipinski definition) is 1. The van der Waals surface area contributed by atoms with Crippen LogP contribution in [0.4, 0.5) is 0 Å². The molecule has 1 aliphatic rings. The van der Waals surface area contributed by atoms with Crippen molar-refractivity contribution in [2.24, 2.45) is 5.92 Å². The molecule has 1 fully saturated rings. The lowest BCUT2D eigenvalue weighted by molar-refractivity contribution is -0.127. The molecular formula is C25H30N4O2. The molecule has 0 unspecified atom stereocenters. The minimum atomic E-state index is 0.0410. The summed E-state index contributed by atoms with van der Waals surface area (Å²) in [5.74, 6) is 1.29. The van der Waals surface area contributed by atoms with Crippen molar-refractivity contribution in [1.82, 2.24) is 20.0 Å². The van der Waals surface area contributed by atoms with Crippen molar-refractivity contribution in [2.75, 3.05) is 20.2 Å². The Morgan fingerprint density at radius 1 is 1.13 bits per heavy atom. The fourth-order valence-electron chi connectivity index (χ4n) is 4.33. The van der Waals surface area contributed by atoms with Gasteiger partial charge in [-0.05, 0) is 30.2 Å². The minimum Gasteiger partial charge on any atom is -0.494 e. The maximum atomic E-state index is 12.5. The van der Waals surface area contributed by atoms with Crippen LogP contribution < -0.4 is 10.1 Å². The summed E-state index contributed by atoms with van der Waals surface area (Å²) in [4.78, 5) is 14.3. The molecule has 6 nitrogen and oxygen atoms in total. The highest BCUT2D eigenvalue weighted by atomic mass is 16.5. The van der Waals surface area contributed by atoms with Gasteiger partial charge in [-0.25, -0.2) is 0 Å². The molecule has 1 amide bonds. The van der Waals surface area contributed by atoms with Crippen LogP contribution in [0.2, 0.25) is 0 Å². The summed E-state index contributed by atoms with van der Waals surface area (Å²) in [6, 6.07) is 18.5. The smallest absolute Gasteiger partial charge is 0.223 e. The molecule has 1 aromatic heterocycles. The van der Waals surface area contributed by atoms with E-state index in [9.17, 15) is 4.79 Å². The third-order valence-corrected chi connectivity index (χ3v) is 5.82. The second-order valence-corrected chi connectivity index (χ2v) is 8.08. The van der Waals surface area contributed by atoms with Crippen LogP contribution in [0, 0.1) is 5.92 Å². The van der Waals surface area contributed by atoms with E-state index >= 15 is 0 Å². The number of benzene rings is 2. The van der Waals surface area contributed by atoms with Crippen LogP contribution in [0.1, 0.15) is 36.1 Å². The van der Waals surface area contributed by atoms with Gasteiger partial charge in [-0.3, -0.25) is 9.48 Å². The molecule has 0 spiro atoms. The lowest BCUT2D eigenvalue weighted by Crippen LogP contribution is -2.28. The number of ether oxygens (including phenoxy) is 1. The maximum Gasteiger partial charge on any atom is 0.223 e. The third kappa shape index (κ3) is 5.14. The van der Waals surface area contributed by atoms with Gasteiger partial charge in [0, 0.05) is 44.2 Å². The number of aromatic nitrogens is 2. The molecule has 1 saturated heterocycles. The summed E-state index contributed by atoms with van der Waals surface area (Å²) in [5, 5.41) is 8.09. The molecule has 2 aromatic carbocycles. The molecule has 31 heavy (non-hydrogen) atoms. The first-order chi connectivity index (χ1) is 15.1. The topological polar surface area (TPSA) is 59.4 Å². The Balaban J connectivity index is 1.40. The fourth-order valence-corrected chi connectivity index (χ4v) is 4.33. The van der Waals surface area contributed by atoms with Gasteiger partial charge in [0.25, 0.3) is 0 Å². The number of carbonyl (C=O) groups is 1. The number of carbonyl (C=O) groups excluding carboxylic acids is 1. The molecule has 1 N–H and O–H groups in total. The van der Waals surface area contributed by atoms with Gasteiger partial charge >= 0.3 is 0 Å². The molecular weight excluding hydrogens is 388 g/mol. The SMILES string of the molecule is CCOc1cccc(CNC[C@@H]2CC(=O)N(C)[C@H]2c2cnn(Cc3ccccc3)c2)c1. The lowest BCUT2D eigenvalue weighted by atomic mass is 9.95. The van der Waals surface area contributed by atoms with E-state index in [2.05, 4.69) is 40.9 Å². The summed E-state index contributed by atoms with van der Waals surface area (Å²) < 4.78 is 7.54. The van der Waals surface area contributed by atoms with Gasteiger partial charge in [-0.15, -0.1) is 0 Å². The Morgan fingerprint density at radius 3 is 2.74 bits per heavy atom. The summed E-state index contributed by atoms with van der Waals surface area (Å²) in [6.45, 7) is 4.89. The molecule has 0 bridgehead atoms. The van der Waals surface area contributed by atoms with E-state index in [4.69, 9.17) is 4.74 Å². The number of rotatable bonds is 9. The highest BCUT2D eigenvalue weighted by molar-refractivity contribution is 5.79. The lowest BCUT2D eigenvalue weighted by Gasteiger charge is -2.24. The number of likely N-dealkylation sites (tertiary alicyclic amines) is 1. The second kappa shape index (κ2) is 9.79. The molecule has 2 heterocycles. The van der Waals surface area contributed by atoms with Gasteiger partial charge in [-0.2, -0.15) is 5.10 Å². The summed E-state index contributed by atoms with van der Waals surface area (Å²) >= 11 is 0. The number of amides is 1. The number of nitrogens with one attached hydrogen (secondary N) is 1. The monoisotopic (exact) mass is 418 g/mol.